The van der Waals surface area contributed by atoms with E-state index < -0.39 is 5.60 Å². The molecule has 1 aromatic rings. The summed E-state index contributed by atoms with van der Waals surface area (Å²) in [6.45, 7) is 1.67. The third-order valence-electron chi connectivity index (χ3n) is 4.16. The Hall–Kier alpha value is -1.59. The second kappa shape index (κ2) is 7.61. The van der Waals surface area contributed by atoms with Crippen LogP contribution in [0.4, 0.5) is 4.79 Å². The molecule has 1 aromatic carbocycles. The molecule has 1 saturated carbocycles. The summed E-state index contributed by atoms with van der Waals surface area (Å²) in [4.78, 5) is 14.0. The van der Waals surface area contributed by atoms with Crippen LogP contribution >= 0.6 is 0 Å². The van der Waals surface area contributed by atoms with E-state index in [1.165, 1.54) is 5.56 Å². The lowest BCUT2D eigenvalue weighted by molar-refractivity contribution is 0.0501. The molecule has 22 heavy (non-hydrogen) atoms. The van der Waals surface area contributed by atoms with Gasteiger partial charge in [0, 0.05) is 19.6 Å². The summed E-state index contributed by atoms with van der Waals surface area (Å²) >= 11 is 0. The predicted molar refractivity (Wildman–Crippen MR) is 87.5 cm³/mol. The number of urea groups is 1. The van der Waals surface area contributed by atoms with Crippen molar-refractivity contribution in [2.45, 2.75) is 44.4 Å². The van der Waals surface area contributed by atoms with Gasteiger partial charge in [0.05, 0.1) is 5.60 Å². The van der Waals surface area contributed by atoms with Crippen LogP contribution in [0.1, 0.15) is 36.8 Å². The molecule has 0 heterocycles. The average Bonchev–Trinajstić information content (AvgIpc) is 2.91. The number of benzene rings is 1. The highest BCUT2D eigenvalue weighted by molar-refractivity contribution is 5.73. The van der Waals surface area contributed by atoms with E-state index >= 15 is 0 Å². The van der Waals surface area contributed by atoms with Crippen LogP contribution in [0, 0.1) is 0 Å². The fourth-order valence-corrected chi connectivity index (χ4v) is 2.92. The van der Waals surface area contributed by atoms with Crippen molar-refractivity contribution >= 4 is 6.03 Å². The van der Waals surface area contributed by atoms with Crippen LogP contribution in [0.25, 0.3) is 0 Å². The molecule has 1 aliphatic rings. The van der Waals surface area contributed by atoms with E-state index in [1.54, 1.807) is 0 Å². The molecule has 3 N–H and O–H groups in total. The average molecular weight is 305 g/mol. The van der Waals surface area contributed by atoms with Gasteiger partial charge in [0.25, 0.3) is 0 Å². The van der Waals surface area contributed by atoms with Crippen LogP contribution in [0.15, 0.2) is 24.3 Å². The van der Waals surface area contributed by atoms with Gasteiger partial charge < -0.3 is 20.6 Å². The van der Waals surface area contributed by atoms with Gasteiger partial charge in [-0.3, -0.25) is 0 Å². The molecule has 122 valence electrons. The largest absolute Gasteiger partial charge is 0.388 e. The lowest BCUT2D eigenvalue weighted by atomic mass is 10.0. The van der Waals surface area contributed by atoms with Crippen molar-refractivity contribution in [3.63, 3.8) is 0 Å². The van der Waals surface area contributed by atoms with Gasteiger partial charge in [0.15, 0.2) is 0 Å². The molecule has 0 radical (unpaired) electrons. The van der Waals surface area contributed by atoms with Crippen LogP contribution in [0.3, 0.4) is 0 Å². The van der Waals surface area contributed by atoms with Crippen molar-refractivity contribution in [1.82, 2.24) is 15.5 Å². The van der Waals surface area contributed by atoms with Crippen molar-refractivity contribution in [2.24, 2.45) is 0 Å². The minimum atomic E-state index is -0.708. The van der Waals surface area contributed by atoms with Gasteiger partial charge in [-0.2, -0.15) is 0 Å². The van der Waals surface area contributed by atoms with Gasteiger partial charge in [0.2, 0.25) is 0 Å². The Bertz CT molecular complexity index is 496. The third kappa shape index (κ3) is 5.00. The second-order valence-electron chi connectivity index (χ2n) is 6.47. The number of aliphatic hydroxyl groups is 1. The molecule has 5 nitrogen and oxygen atoms in total. The van der Waals surface area contributed by atoms with E-state index in [0.29, 0.717) is 13.1 Å². The first-order valence-corrected chi connectivity index (χ1v) is 7.94. The van der Waals surface area contributed by atoms with Crippen molar-refractivity contribution in [3.8, 4) is 0 Å². The zero-order valence-corrected chi connectivity index (χ0v) is 13.6. The van der Waals surface area contributed by atoms with E-state index in [4.69, 9.17) is 0 Å². The molecule has 0 bridgehead atoms. The minimum Gasteiger partial charge on any atom is -0.388 e. The summed E-state index contributed by atoms with van der Waals surface area (Å²) in [7, 11) is 4.05. The number of amides is 2. The number of nitrogens with zero attached hydrogens (tertiary/aromatic N) is 1. The topological polar surface area (TPSA) is 64.6 Å². The Kier molecular flexibility index (Phi) is 5.80. The summed E-state index contributed by atoms with van der Waals surface area (Å²) in [5.41, 5.74) is 1.62. The summed E-state index contributed by atoms with van der Waals surface area (Å²) in [6.07, 6.45) is 3.63. The van der Waals surface area contributed by atoms with Crippen LogP contribution in [0.2, 0.25) is 0 Å². The lowest BCUT2D eigenvalue weighted by Gasteiger charge is -2.22. The number of hydrogen-bond acceptors (Lipinski definition) is 3. The molecule has 1 aliphatic carbocycles. The molecular weight excluding hydrogens is 278 g/mol. The normalized spacial score (nSPS) is 16.7. The summed E-state index contributed by atoms with van der Waals surface area (Å²) in [5, 5.41) is 15.9. The number of hydrogen-bond donors (Lipinski definition) is 3. The Morgan fingerprint density at radius 3 is 2.45 bits per heavy atom. The Morgan fingerprint density at radius 2 is 1.82 bits per heavy atom. The van der Waals surface area contributed by atoms with E-state index in [-0.39, 0.29) is 6.03 Å². The van der Waals surface area contributed by atoms with Gasteiger partial charge >= 0.3 is 6.03 Å². The molecule has 0 atom stereocenters. The quantitative estimate of drug-likeness (QED) is 0.751. The van der Waals surface area contributed by atoms with Gasteiger partial charge in [-0.15, -0.1) is 0 Å². The van der Waals surface area contributed by atoms with Gasteiger partial charge in [-0.1, -0.05) is 37.1 Å². The number of rotatable bonds is 6. The molecule has 2 rings (SSSR count). The molecule has 0 aliphatic heterocycles. The van der Waals surface area contributed by atoms with Crippen molar-refractivity contribution < 1.29 is 9.90 Å². The highest BCUT2D eigenvalue weighted by Crippen LogP contribution is 2.28. The first kappa shape index (κ1) is 16.8. The van der Waals surface area contributed by atoms with Gasteiger partial charge in [-0.25, -0.2) is 4.79 Å². The SMILES string of the molecule is CN(C)Cc1ccccc1CNC(=O)NCC1(O)CCCC1. The monoisotopic (exact) mass is 305 g/mol. The number of carbonyl (C=O) groups excluding carboxylic acids is 1. The Balaban J connectivity index is 1.81. The lowest BCUT2D eigenvalue weighted by Crippen LogP contribution is -2.44. The maximum atomic E-state index is 11.9. The summed E-state index contributed by atoms with van der Waals surface area (Å²) in [6, 6.07) is 7.88. The van der Waals surface area contributed by atoms with Crippen molar-refractivity contribution in [2.75, 3.05) is 20.6 Å². The summed E-state index contributed by atoms with van der Waals surface area (Å²) in [5.74, 6) is 0. The molecule has 0 saturated heterocycles. The zero-order valence-electron chi connectivity index (χ0n) is 13.6. The molecule has 1 fully saturated rings. The smallest absolute Gasteiger partial charge is 0.315 e. The molecule has 2 amide bonds. The Labute approximate surface area is 132 Å². The first-order valence-electron chi connectivity index (χ1n) is 7.94. The summed E-state index contributed by atoms with van der Waals surface area (Å²) < 4.78 is 0. The molecule has 5 heteroatoms. The zero-order chi connectivity index (χ0) is 16.0. The van der Waals surface area contributed by atoms with E-state index in [2.05, 4.69) is 21.6 Å². The minimum absolute atomic E-state index is 0.222. The molecule has 0 unspecified atom stereocenters. The van der Waals surface area contributed by atoms with Crippen LogP contribution in [-0.4, -0.2) is 42.3 Å². The van der Waals surface area contributed by atoms with E-state index in [0.717, 1.165) is 37.8 Å². The molecule has 0 aromatic heterocycles. The molecule has 0 spiro atoms. The standard InChI is InChI=1S/C17H27N3O2/c1-20(2)12-15-8-4-3-7-14(15)11-18-16(21)19-13-17(22)9-5-6-10-17/h3-4,7-8,22H,5-6,9-13H2,1-2H3,(H2,18,19,21). The van der Waals surface area contributed by atoms with Crippen LogP contribution in [-0.2, 0) is 13.1 Å². The number of carbonyl (C=O) groups is 1. The predicted octanol–water partition coefficient (Wildman–Crippen LogP) is 1.85. The van der Waals surface area contributed by atoms with Gasteiger partial charge in [-0.05, 0) is 38.1 Å². The Morgan fingerprint density at radius 1 is 1.18 bits per heavy atom. The fraction of sp³-hybridized carbons (Fsp3) is 0.588. The van der Waals surface area contributed by atoms with Crippen LogP contribution in [0.5, 0.6) is 0 Å². The first-order chi connectivity index (χ1) is 10.5. The van der Waals surface area contributed by atoms with Crippen LogP contribution < -0.4 is 10.6 Å². The second-order valence-corrected chi connectivity index (χ2v) is 6.47. The number of nitrogens with one attached hydrogen (secondary N) is 2. The van der Waals surface area contributed by atoms with Crippen molar-refractivity contribution in [3.05, 3.63) is 35.4 Å². The highest BCUT2D eigenvalue weighted by atomic mass is 16.3. The maximum absolute atomic E-state index is 11.9. The fourth-order valence-electron chi connectivity index (χ4n) is 2.92. The van der Waals surface area contributed by atoms with Crippen molar-refractivity contribution in [1.29, 1.82) is 0 Å². The van der Waals surface area contributed by atoms with E-state index in [1.807, 2.05) is 32.3 Å². The van der Waals surface area contributed by atoms with E-state index in [9.17, 15) is 9.90 Å². The third-order valence-corrected chi connectivity index (χ3v) is 4.16. The highest BCUT2D eigenvalue weighted by Gasteiger charge is 2.31. The molecular formula is C17H27N3O2. The van der Waals surface area contributed by atoms with Gasteiger partial charge in [0.1, 0.15) is 0 Å². The maximum Gasteiger partial charge on any atom is 0.315 e.